The molecule has 8 nitrogen and oxygen atoms in total. The van der Waals surface area contributed by atoms with Gasteiger partial charge in [-0.2, -0.15) is 14.7 Å². The number of fused-ring (bicyclic) bond motifs is 1. The van der Waals surface area contributed by atoms with E-state index in [1.165, 1.54) is 11.3 Å². The molecule has 132 valence electrons. The van der Waals surface area contributed by atoms with Crippen LogP contribution in [0.1, 0.15) is 0 Å². The number of ether oxygens (including phenoxy) is 1. The normalized spacial score (nSPS) is 11.1. The first-order valence-electron chi connectivity index (χ1n) is 8.15. The van der Waals surface area contributed by atoms with Gasteiger partial charge in [0.1, 0.15) is 5.75 Å². The highest BCUT2D eigenvalue weighted by Crippen LogP contribution is 2.29. The van der Waals surface area contributed by atoms with Crippen molar-refractivity contribution in [1.29, 1.82) is 0 Å². The third-order valence-electron chi connectivity index (χ3n) is 4.12. The van der Waals surface area contributed by atoms with Gasteiger partial charge in [-0.1, -0.05) is 11.3 Å². The summed E-state index contributed by atoms with van der Waals surface area (Å²) in [5.74, 6) is 1.50. The van der Waals surface area contributed by atoms with Crippen molar-refractivity contribution in [3.8, 4) is 39.1 Å². The lowest BCUT2D eigenvalue weighted by Crippen LogP contribution is -1.91. The van der Waals surface area contributed by atoms with E-state index in [4.69, 9.17) is 4.74 Å². The first-order valence-corrected chi connectivity index (χ1v) is 8.96. The summed E-state index contributed by atoms with van der Waals surface area (Å²) >= 11 is 1.45. The van der Waals surface area contributed by atoms with Crippen molar-refractivity contribution < 1.29 is 4.74 Å². The maximum absolute atomic E-state index is 5.20. The van der Waals surface area contributed by atoms with Crippen LogP contribution in [0.25, 0.3) is 38.3 Å². The number of nitrogens with zero attached hydrogens (tertiary/aromatic N) is 6. The molecule has 0 amide bonds. The lowest BCUT2D eigenvalue weighted by Gasteiger charge is -1.99. The van der Waals surface area contributed by atoms with Crippen LogP contribution in [-0.2, 0) is 0 Å². The van der Waals surface area contributed by atoms with Crippen LogP contribution in [0.3, 0.4) is 0 Å². The molecule has 0 unspecified atom stereocenters. The van der Waals surface area contributed by atoms with Gasteiger partial charge in [0.05, 0.1) is 18.5 Å². The molecule has 0 aliphatic carbocycles. The number of hydrogen-bond acceptors (Lipinski definition) is 7. The highest BCUT2D eigenvalue weighted by atomic mass is 32.1. The molecule has 1 aromatic carbocycles. The maximum Gasteiger partial charge on any atom is 0.235 e. The molecule has 0 spiro atoms. The third kappa shape index (κ3) is 2.74. The zero-order valence-electron chi connectivity index (χ0n) is 14.2. The molecule has 0 aliphatic heterocycles. The summed E-state index contributed by atoms with van der Waals surface area (Å²) < 4.78 is 6.94. The molecular weight excluding hydrogens is 362 g/mol. The van der Waals surface area contributed by atoms with Gasteiger partial charge in [0.2, 0.25) is 4.96 Å². The van der Waals surface area contributed by atoms with Gasteiger partial charge in [-0.3, -0.25) is 10.1 Å². The molecular formula is C18H13N7OS. The second kappa shape index (κ2) is 6.29. The topological polar surface area (TPSA) is 93.9 Å². The standard InChI is InChI=1S/C18H13N7OS/c1-26-13-4-2-11(3-5-13)14-10-15(21-20-14)17-24-25-16(22-23-18(25)27-17)12-6-8-19-9-7-12/h2-10H,1H3,(H,20,21). The minimum absolute atomic E-state index is 0.685. The Bertz CT molecular complexity index is 1210. The van der Waals surface area contributed by atoms with Crippen LogP contribution in [0, 0.1) is 0 Å². The maximum atomic E-state index is 5.20. The van der Waals surface area contributed by atoms with E-state index in [0.717, 1.165) is 38.2 Å². The van der Waals surface area contributed by atoms with E-state index < -0.39 is 0 Å². The van der Waals surface area contributed by atoms with Crippen LogP contribution < -0.4 is 4.74 Å². The van der Waals surface area contributed by atoms with Crippen molar-refractivity contribution in [2.24, 2.45) is 0 Å². The number of rotatable bonds is 4. The summed E-state index contributed by atoms with van der Waals surface area (Å²) in [6.07, 6.45) is 3.44. The van der Waals surface area contributed by atoms with E-state index in [-0.39, 0.29) is 0 Å². The number of methoxy groups -OCH3 is 1. The van der Waals surface area contributed by atoms with E-state index >= 15 is 0 Å². The highest BCUT2D eigenvalue weighted by Gasteiger charge is 2.16. The molecule has 0 radical (unpaired) electrons. The van der Waals surface area contributed by atoms with Crippen LogP contribution in [0.2, 0.25) is 0 Å². The fourth-order valence-electron chi connectivity index (χ4n) is 2.75. The first-order chi connectivity index (χ1) is 13.3. The molecule has 0 aliphatic rings. The molecule has 4 aromatic heterocycles. The zero-order valence-corrected chi connectivity index (χ0v) is 15.0. The molecule has 0 saturated heterocycles. The number of aromatic amines is 1. The Kier molecular flexibility index (Phi) is 3.65. The Labute approximate surface area is 157 Å². The molecule has 9 heteroatoms. The first kappa shape index (κ1) is 15.6. The van der Waals surface area contributed by atoms with Crippen molar-refractivity contribution in [3.63, 3.8) is 0 Å². The summed E-state index contributed by atoms with van der Waals surface area (Å²) in [5.41, 5.74) is 3.58. The second-order valence-corrected chi connectivity index (χ2v) is 6.71. The smallest absolute Gasteiger partial charge is 0.235 e. The minimum atomic E-state index is 0.685. The summed E-state index contributed by atoms with van der Waals surface area (Å²) in [6.45, 7) is 0. The minimum Gasteiger partial charge on any atom is -0.497 e. The second-order valence-electron chi connectivity index (χ2n) is 5.76. The largest absolute Gasteiger partial charge is 0.497 e. The number of nitrogens with one attached hydrogen (secondary N) is 1. The van der Waals surface area contributed by atoms with E-state index in [9.17, 15) is 0 Å². The van der Waals surface area contributed by atoms with Gasteiger partial charge in [-0.25, -0.2) is 0 Å². The van der Waals surface area contributed by atoms with E-state index in [0.29, 0.717) is 5.82 Å². The third-order valence-corrected chi connectivity index (χ3v) is 5.06. The van der Waals surface area contributed by atoms with Crippen LogP contribution in [0.4, 0.5) is 0 Å². The molecule has 0 atom stereocenters. The van der Waals surface area contributed by atoms with Crippen molar-refractivity contribution in [1.82, 2.24) is 35.0 Å². The summed E-state index contributed by atoms with van der Waals surface area (Å²) in [5, 5.41) is 21.4. The molecule has 5 rings (SSSR count). The average Bonchev–Trinajstić information content (AvgIpc) is 3.44. The van der Waals surface area contributed by atoms with Crippen molar-refractivity contribution >= 4 is 16.3 Å². The number of H-pyrrole nitrogens is 1. The van der Waals surface area contributed by atoms with Crippen LogP contribution in [-0.4, -0.2) is 42.1 Å². The molecule has 4 heterocycles. The van der Waals surface area contributed by atoms with Crippen LogP contribution in [0.15, 0.2) is 54.9 Å². The molecule has 27 heavy (non-hydrogen) atoms. The summed E-state index contributed by atoms with van der Waals surface area (Å²) in [6, 6.07) is 13.5. The Morgan fingerprint density at radius 2 is 1.81 bits per heavy atom. The van der Waals surface area contributed by atoms with Gasteiger partial charge in [0.25, 0.3) is 0 Å². The van der Waals surface area contributed by atoms with Crippen LogP contribution in [0.5, 0.6) is 5.75 Å². The molecule has 5 aromatic rings. The lowest BCUT2D eigenvalue weighted by molar-refractivity contribution is 0.415. The Morgan fingerprint density at radius 1 is 1.00 bits per heavy atom. The SMILES string of the molecule is COc1ccc(-c2cc(-c3nn4c(-c5ccncc5)nnc4s3)[nH]n2)cc1. The highest BCUT2D eigenvalue weighted by molar-refractivity contribution is 7.19. The Hall–Kier alpha value is -3.59. The molecule has 0 bridgehead atoms. The predicted molar refractivity (Wildman–Crippen MR) is 101 cm³/mol. The van der Waals surface area contributed by atoms with Crippen LogP contribution >= 0.6 is 11.3 Å². The van der Waals surface area contributed by atoms with Gasteiger partial charge < -0.3 is 4.74 Å². The van der Waals surface area contributed by atoms with Crippen molar-refractivity contribution in [2.75, 3.05) is 7.11 Å². The fourth-order valence-corrected chi connectivity index (χ4v) is 3.55. The quantitative estimate of drug-likeness (QED) is 0.518. The fraction of sp³-hybridized carbons (Fsp3) is 0.0556. The number of benzene rings is 1. The van der Waals surface area contributed by atoms with Crippen molar-refractivity contribution in [3.05, 3.63) is 54.9 Å². The lowest BCUT2D eigenvalue weighted by atomic mass is 10.1. The molecule has 0 saturated carbocycles. The van der Waals surface area contributed by atoms with Gasteiger partial charge >= 0.3 is 0 Å². The van der Waals surface area contributed by atoms with Gasteiger partial charge in [-0.15, -0.1) is 10.2 Å². The Balaban J connectivity index is 1.51. The average molecular weight is 375 g/mol. The van der Waals surface area contributed by atoms with Gasteiger partial charge in [0.15, 0.2) is 10.8 Å². The number of hydrogen-bond donors (Lipinski definition) is 1. The van der Waals surface area contributed by atoms with Gasteiger partial charge in [0, 0.05) is 23.5 Å². The number of pyridine rings is 1. The van der Waals surface area contributed by atoms with E-state index in [2.05, 4.69) is 30.5 Å². The molecule has 1 N–H and O–H groups in total. The summed E-state index contributed by atoms with van der Waals surface area (Å²) in [4.78, 5) is 4.75. The monoisotopic (exact) mass is 375 g/mol. The van der Waals surface area contributed by atoms with E-state index in [1.807, 2.05) is 42.5 Å². The number of aromatic nitrogens is 7. The van der Waals surface area contributed by atoms with E-state index in [1.54, 1.807) is 24.0 Å². The Morgan fingerprint density at radius 3 is 2.59 bits per heavy atom. The summed E-state index contributed by atoms with van der Waals surface area (Å²) in [7, 11) is 1.65. The van der Waals surface area contributed by atoms with Gasteiger partial charge in [-0.05, 0) is 42.5 Å². The zero-order chi connectivity index (χ0) is 18.2. The predicted octanol–water partition coefficient (Wildman–Crippen LogP) is 3.31. The molecule has 0 fully saturated rings. The van der Waals surface area contributed by atoms with Crippen molar-refractivity contribution in [2.45, 2.75) is 0 Å².